The maximum atomic E-state index is 11.8. The van der Waals surface area contributed by atoms with Crippen LogP contribution in [0.2, 0.25) is 0 Å². The molecule has 10 atom stereocenters. The van der Waals surface area contributed by atoms with Crippen LogP contribution in [0.4, 0.5) is 0 Å². The standard InChI is InChI=1S/C12H22O35S8/c13-48(14,15)37-1-3-6(43-51(22,23)24)8(45-53(28,29)30)10(46-54(31,32)33)11(39-3)41-9-7(44-52(25,26)27)5(42-50(19,20)21)4(2-38-49(16,17)18)40-12(9)47-55(34,35)36/h3-12H,1-2H2,(H,13,14,15)(H,16,17,18)(H,19,20,21)(H,22,23,24)(H,25,26,27)(H,28,29,30)(H,31,32,33)(H,34,35,36)/t3-,4-,5-,6-,7+,8+,9+,10+,11-,12?/m1/s1. The third-order valence-electron chi connectivity index (χ3n) is 5.62. The molecule has 43 heteroatoms. The molecule has 1 unspecified atom stereocenters. The Morgan fingerprint density at radius 3 is 0.909 bits per heavy atom. The molecule has 8 N–H and O–H groups in total. The molecule has 0 aromatic heterocycles. The SMILES string of the molecule is O=S(=O)(O)OC[C@H]1O[C@H](O[C@@H]2C(OS(=O)(=O)O)O[C@H](COS(=O)(=O)O)[C@@H](OS(=O)(=O)O)[C@@H]2OS(=O)(=O)O)[C@@H](OS(=O)(=O)O)[C@@H](OS(=O)(=O)O)[C@@H]1OS(=O)(=O)O. The lowest BCUT2D eigenvalue weighted by Gasteiger charge is -2.47. The zero-order valence-corrected chi connectivity index (χ0v) is 31.6. The average molecular weight is 983 g/mol. The molecule has 2 aliphatic rings. The van der Waals surface area contributed by atoms with Gasteiger partial charge in [-0.1, -0.05) is 0 Å². The van der Waals surface area contributed by atoms with E-state index in [4.69, 9.17) is 23.3 Å². The first-order valence-corrected chi connectivity index (χ1v) is 23.3. The van der Waals surface area contributed by atoms with E-state index >= 15 is 0 Å². The summed E-state index contributed by atoms with van der Waals surface area (Å²) in [4.78, 5) is 0. The van der Waals surface area contributed by atoms with Crippen LogP contribution in [0, 0.1) is 0 Å². The van der Waals surface area contributed by atoms with Gasteiger partial charge in [0.15, 0.2) is 12.4 Å². The van der Waals surface area contributed by atoms with Gasteiger partial charge in [0.1, 0.15) is 42.7 Å². The minimum absolute atomic E-state index is 1.88. The van der Waals surface area contributed by atoms with E-state index in [1.165, 1.54) is 0 Å². The third-order valence-corrected chi connectivity index (χ3v) is 9.24. The van der Waals surface area contributed by atoms with E-state index in [0.717, 1.165) is 0 Å². The summed E-state index contributed by atoms with van der Waals surface area (Å²) in [5.74, 6) is 0. The Morgan fingerprint density at radius 2 is 0.600 bits per heavy atom. The van der Waals surface area contributed by atoms with E-state index in [0.29, 0.717) is 0 Å². The Balaban J connectivity index is 3.01. The van der Waals surface area contributed by atoms with Crippen LogP contribution in [0.15, 0.2) is 0 Å². The summed E-state index contributed by atoms with van der Waals surface area (Å²) in [6.45, 7) is -3.83. The van der Waals surface area contributed by atoms with E-state index < -0.39 is 158 Å². The Kier molecular flexibility index (Phi) is 16.0. The van der Waals surface area contributed by atoms with Gasteiger partial charge in [-0.05, 0) is 0 Å². The van der Waals surface area contributed by atoms with Gasteiger partial charge in [-0.25, -0.2) is 33.5 Å². The molecule has 2 heterocycles. The van der Waals surface area contributed by atoms with Crippen LogP contribution >= 0.6 is 0 Å². The highest BCUT2D eigenvalue weighted by molar-refractivity contribution is 7.82. The molecule has 328 valence electrons. The topological polar surface area (TPSA) is 536 Å². The number of rotatable bonds is 20. The summed E-state index contributed by atoms with van der Waals surface area (Å²) in [5, 5.41) is 0. The summed E-state index contributed by atoms with van der Waals surface area (Å²) in [5.41, 5.74) is 0. The van der Waals surface area contributed by atoms with Crippen molar-refractivity contribution in [2.24, 2.45) is 0 Å². The van der Waals surface area contributed by atoms with Crippen LogP contribution in [-0.2, 0) is 131 Å². The van der Waals surface area contributed by atoms with Crippen LogP contribution in [0.5, 0.6) is 0 Å². The Morgan fingerprint density at radius 1 is 0.327 bits per heavy atom. The van der Waals surface area contributed by atoms with Crippen molar-refractivity contribution in [2.75, 3.05) is 13.2 Å². The van der Waals surface area contributed by atoms with E-state index in [2.05, 4.69) is 33.5 Å². The van der Waals surface area contributed by atoms with Gasteiger partial charge >= 0.3 is 83.2 Å². The smallest absolute Gasteiger partial charge is 0.341 e. The van der Waals surface area contributed by atoms with Crippen molar-refractivity contribution in [3.8, 4) is 0 Å². The van der Waals surface area contributed by atoms with Gasteiger partial charge in [0.2, 0.25) is 6.29 Å². The molecule has 0 amide bonds. The summed E-state index contributed by atoms with van der Waals surface area (Å²) in [6.07, 6.45) is -32.3. The molecule has 0 saturated carbocycles. The van der Waals surface area contributed by atoms with Crippen molar-refractivity contribution in [1.82, 2.24) is 0 Å². The first-order chi connectivity index (χ1) is 24.2. The fourth-order valence-electron chi connectivity index (χ4n) is 4.19. The molecular formula is C12H22O35S8. The van der Waals surface area contributed by atoms with Crippen LogP contribution in [0.25, 0.3) is 0 Å². The maximum absolute atomic E-state index is 11.8. The molecule has 2 aliphatic heterocycles. The number of hydrogen-bond donors (Lipinski definition) is 8. The van der Waals surface area contributed by atoms with Gasteiger partial charge in [-0.2, -0.15) is 67.3 Å². The monoisotopic (exact) mass is 982 g/mol. The van der Waals surface area contributed by atoms with Gasteiger partial charge in [0.05, 0.1) is 13.2 Å². The molecule has 2 saturated heterocycles. The summed E-state index contributed by atoms with van der Waals surface area (Å²) in [6, 6.07) is 0. The third kappa shape index (κ3) is 19.0. The van der Waals surface area contributed by atoms with Gasteiger partial charge in [-0.3, -0.25) is 36.4 Å². The highest BCUT2D eigenvalue weighted by atomic mass is 32.3. The molecule has 0 radical (unpaired) electrons. The molecule has 0 spiro atoms. The van der Waals surface area contributed by atoms with Gasteiger partial charge in [0.25, 0.3) is 0 Å². The van der Waals surface area contributed by atoms with Crippen molar-refractivity contribution in [2.45, 2.75) is 61.4 Å². The van der Waals surface area contributed by atoms with Crippen molar-refractivity contribution in [3.63, 3.8) is 0 Å². The van der Waals surface area contributed by atoms with E-state index in [-0.39, 0.29) is 0 Å². The van der Waals surface area contributed by atoms with Gasteiger partial charge in [-0.15, -0.1) is 0 Å². The second kappa shape index (κ2) is 17.6. The van der Waals surface area contributed by atoms with Gasteiger partial charge < -0.3 is 14.2 Å². The minimum atomic E-state index is -6.21. The zero-order chi connectivity index (χ0) is 43.0. The second-order valence-corrected chi connectivity index (χ2v) is 18.0. The van der Waals surface area contributed by atoms with E-state index in [1.54, 1.807) is 0 Å². The zero-order valence-electron chi connectivity index (χ0n) is 25.1. The van der Waals surface area contributed by atoms with Crippen molar-refractivity contribution < 1.29 is 151 Å². The van der Waals surface area contributed by atoms with Gasteiger partial charge in [0, 0.05) is 0 Å². The second-order valence-electron chi connectivity index (χ2n) is 9.58. The highest BCUT2D eigenvalue weighted by Gasteiger charge is 2.59. The first-order valence-electron chi connectivity index (χ1n) is 12.3. The molecule has 35 nitrogen and oxygen atoms in total. The number of ether oxygens (including phenoxy) is 3. The Labute approximate surface area is 308 Å². The van der Waals surface area contributed by atoms with E-state index in [9.17, 15) is 94.7 Å². The first kappa shape index (κ1) is 50.0. The van der Waals surface area contributed by atoms with Crippen LogP contribution in [0.3, 0.4) is 0 Å². The molecule has 2 rings (SSSR count). The predicted molar refractivity (Wildman–Crippen MR) is 152 cm³/mol. The Hall–Kier alpha value is -1.16. The fraction of sp³-hybridized carbons (Fsp3) is 1.00. The lowest BCUT2D eigenvalue weighted by Crippen LogP contribution is -2.67. The predicted octanol–water partition coefficient (Wildman–Crippen LogP) is -6.78. The van der Waals surface area contributed by atoms with Crippen molar-refractivity contribution in [1.29, 1.82) is 0 Å². The summed E-state index contributed by atoms with van der Waals surface area (Å²) in [7, 11) is -48.2. The van der Waals surface area contributed by atoms with Crippen LogP contribution in [0.1, 0.15) is 0 Å². The molecule has 55 heavy (non-hydrogen) atoms. The summed E-state index contributed by atoms with van der Waals surface area (Å²) < 4.78 is 306. The van der Waals surface area contributed by atoms with Crippen LogP contribution < -0.4 is 0 Å². The molecule has 0 aromatic carbocycles. The Bertz CT molecular complexity index is 2260. The summed E-state index contributed by atoms with van der Waals surface area (Å²) >= 11 is 0. The normalized spacial score (nSPS) is 30.9. The van der Waals surface area contributed by atoms with Crippen molar-refractivity contribution in [3.05, 3.63) is 0 Å². The molecule has 2 fully saturated rings. The maximum Gasteiger partial charge on any atom is 0.399 e. The lowest BCUT2D eigenvalue weighted by atomic mass is 9.97. The molecule has 0 bridgehead atoms. The number of hydrogen-bond acceptors (Lipinski definition) is 27. The largest absolute Gasteiger partial charge is 0.399 e. The highest BCUT2D eigenvalue weighted by Crippen LogP contribution is 2.37. The average Bonchev–Trinajstić information content (AvgIpc) is 2.87. The molecule has 0 aromatic rings. The van der Waals surface area contributed by atoms with E-state index in [1.807, 2.05) is 0 Å². The quantitative estimate of drug-likeness (QED) is 0.0526. The fourth-order valence-corrected chi connectivity index (χ4v) is 7.71. The lowest BCUT2D eigenvalue weighted by molar-refractivity contribution is -0.347. The minimum Gasteiger partial charge on any atom is -0.341 e. The molecular weight excluding hydrogens is 961 g/mol. The van der Waals surface area contributed by atoms with Crippen LogP contribution in [-0.4, -0.2) is 178 Å². The molecule has 0 aliphatic carbocycles. The van der Waals surface area contributed by atoms with Crippen molar-refractivity contribution >= 4 is 83.2 Å².